The number of methoxy groups -OCH3 is 2. The summed E-state index contributed by atoms with van der Waals surface area (Å²) < 4.78 is 56.5. The van der Waals surface area contributed by atoms with Gasteiger partial charge in [-0.15, -0.1) is 0 Å². The Labute approximate surface area is 436 Å². The monoisotopic (exact) mass is 1070 g/mol. The van der Waals surface area contributed by atoms with Crippen molar-refractivity contribution in [2.45, 2.75) is 115 Å². The minimum Gasteiger partial charge on any atom is -0.496 e. The molecule has 0 spiro atoms. The van der Waals surface area contributed by atoms with Gasteiger partial charge in [0.1, 0.15) is 29.7 Å². The Bertz CT molecular complexity index is 2730. The number of nitrogens with one attached hydrogen (secondary N) is 4. The number of alkyl carbamates (subject to hydrolysis) is 1. The molecule has 0 aromatic heterocycles. The molecule has 0 fully saturated rings. The number of ether oxygens (including phenoxy) is 5. The van der Waals surface area contributed by atoms with E-state index in [1.807, 2.05) is 0 Å². The molecule has 4 rings (SSSR count). The standard InChI is InChI=1S/C52H64Cl2N6O12S/c1-31-27-44(68-8)32(2)33(3)47(31)73(66,67)60-50(55)56-26-14-19-42(59-51(65)72-52(5,6)7)46(71-34(4)61)49(64)58-43(29-35-15-11-10-12-16-35)48(63)57-37(22-25-45(62)69-9)28-36-20-23-38(24-21-36)70-30-39-40(53)17-13-18-41(39)54/h10-13,15-18,20-25,27,37,42-43,46H,14,19,26,28-30H2,1-9H3,(H,57,63)(H,58,64)(H,59,65)(H3,55,56,60)/b25-22+/t37-,42+,43-,46+/m1/s1. The molecule has 21 heteroatoms. The number of rotatable bonds is 23. The van der Waals surface area contributed by atoms with Crippen molar-refractivity contribution in [3.63, 3.8) is 0 Å². The van der Waals surface area contributed by atoms with Crippen LogP contribution in [0.5, 0.6) is 11.5 Å². The zero-order valence-electron chi connectivity index (χ0n) is 42.3. The molecule has 0 heterocycles. The highest BCUT2D eigenvalue weighted by Gasteiger charge is 2.36. The number of guanidine groups is 1. The van der Waals surface area contributed by atoms with Crippen molar-refractivity contribution in [3.05, 3.63) is 134 Å². The summed E-state index contributed by atoms with van der Waals surface area (Å²) in [6, 6.07) is 19.2. The third kappa shape index (κ3) is 18.6. The highest BCUT2D eigenvalue weighted by atomic mass is 35.5. The lowest BCUT2D eigenvalue weighted by molar-refractivity contribution is -0.156. The number of halogens is 2. The Hall–Kier alpha value is -6.83. The largest absolute Gasteiger partial charge is 0.496 e. The Kier molecular flexibility index (Phi) is 22.0. The quantitative estimate of drug-likeness (QED) is 0.0127. The second-order valence-corrected chi connectivity index (χ2v) is 20.3. The molecule has 0 bridgehead atoms. The second-order valence-electron chi connectivity index (χ2n) is 17.9. The number of hydrogen-bond acceptors (Lipinski definition) is 13. The molecule has 4 atom stereocenters. The molecule has 394 valence electrons. The fourth-order valence-corrected chi connectivity index (χ4v) is 9.45. The molecule has 3 amide bonds. The molecule has 0 aliphatic heterocycles. The van der Waals surface area contributed by atoms with E-state index in [0.29, 0.717) is 49.4 Å². The molecule has 0 unspecified atom stereocenters. The van der Waals surface area contributed by atoms with Crippen LogP contribution in [0, 0.1) is 20.8 Å². The fourth-order valence-electron chi connectivity index (χ4n) is 7.46. The summed E-state index contributed by atoms with van der Waals surface area (Å²) in [6.07, 6.45) is 0.0703. The maximum atomic E-state index is 14.5. The number of esters is 2. The summed E-state index contributed by atoms with van der Waals surface area (Å²) in [5, 5.41) is 9.19. The van der Waals surface area contributed by atoms with Crippen LogP contribution < -0.4 is 35.9 Å². The van der Waals surface area contributed by atoms with Gasteiger partial charge in [0.05, 0.1) is 31.2 Å². The summed E-state index contributed by atoms with van der Waals surface area (Å²) in [4.78, 5) is 71.4. The summed E-state index contributed by atoms with van der Waals surface area (Å²) in [7, 11) is -1.49. The molecule has 0 aliphatic rings. The molecular formula is C52H64Cl2N6O12S. The number of amides is 3. The summed E-state index contributed by atoms with van der Waals surface area (Å²) in [6.45, 7) is 11.0. The smallest absolute Gasteiger partial charge is 0.408 e. The van der Waals surface area contributed by atoms with Crippen LogP contribution in [0.4, 0.5) is 4.79 Å². The number of carbonyl (C=O) groups excluding carboxylic acids is 5. The summed E-state index contributed by atoms with van der Waals surface area (Å²) in [5.41, 5.74) is 8.64. The van der Waals surface area contributed by atoms with Crippen molar-refractivity contribution < 1.29 is 56.1 Å². The number of hydrogen-bond donors (Lipinski definition) is 5. The zero-order valence-corrected chi connectivity index (χ0v) is 44.6. The van der Waals surface area contributed by atoms with Crippen LogP contribution in [0.3, 0.4) is 0 Å². The molecule has 0 saturated carbocycles. The number of aryl methyl sites for hydroxylation is 1. The van der Waals surface area contributed by atoms with E-state index in [1.54, 1.807) is 120 Å². The molecule has 0 saturated heterocycles. The van der Waals surface area contributed by atoms with Gasteiger partial charge >= 0.3 is 18.0 Å². The number of nitrogens with two attached hydrogens (primary N) is 1. The lowest BCUT2D eigenvalue weighted by atomic mass is 10.0. The molecule has 0 aliphatic carbocycles. The van der Waals surface area contributed by atoms with Crippen LogP contribution in [-0.2, 0) is 62.9 Å². The number of sulfonamides is 1. The van der Waals surface area contributed by atoms with E-state index in [1.165, 1.54) is 26.4 Å². The van der Waals surface area contributed by atoms with Gasteiger partial charge in [-0.2, -0.15) is 0 Å². The van der Waals surface area contributed by atoms with Gasteiger partial charge in [-0.1, -0.05) is 77.8 Å². The van der Waals surface area contributed by atoms with Crippen molar-refractivity contribution in [1.29, 1.82) is 0 Å². The fraction of sp³-hybridized carbons (Fsp3) is 0.385. The first-order valence-corrected chi connectivity index (χ1v) is 25.3. The van der Waals surface area contributed by atoms with Crippen molar-refractivity contribution in [2.75, 3.05) is 20.8 Å². The van der Waals surface area contributed by atoms with Crippen molar-refractivity contribution in [2.24, 2.45) is 10.7 Å². The normalized spacial score (nSPS) is 13.4. The predicted molar refractivity (Wildman–Crippen MR) is 278 cm³/mol. The Morgan fingerprint density at radius 2 is 1.47 bits per heavy atom. The Morgan fingerprint density at radius 1 is 0.822 bits per heavy atom. The number of nitrogens with zero attached hydrogens (tertiary/aromatic N) is 1. The number of benzene rings is 4. The lowest BCUT2D eigenvalue weighted by Crippen LogP contribution is -2.58. The van der Waals surface area contributed by atoms with Crippen LogP contribution in [0.1, 0.15) is 73.9 Å². The maximum Gasteiger partial charge on any atom is 0.408 e. The lowest BCUT2D eigenvalue weighted by Gasteiger charge is -2.30. The summed E-state index contributed by atoms with van der Waals surface area (Å²) >= 11 is 12.6. The average molecular weight is 1070 g/mol. The Morgan fingerprint density at radius 3 is 2.07 bits per heavy atom. The highest BCUT2D eigenvalue weighted by Crippen LogP contribution is 2.31. The van der Waals surface area contributed by atoms with Gasteiger partial charge in [0.2, 0.25) is 11.9 Å². The summed E-state index contributed by atoms with van der Waals surface area (Å²) in [5.74, 6) is -2.55. The van der Waals surface area contributed by atoms with Gasteiger partial charge in [0.15, 0.2) is 6.10 Å². The second kappa shape index (κ2) is 27.3. The van der Waals surface area contributed by atoms with Gasteiger partial charge in [-0.05, 0) is 119 Å². The van der Waals surface area contributed by atoms with Crippen molar-refractivity contribution in [1.82, 2.24) is 20.7 Å². The van der Waals surface area contributed by atoms with Crippen LogP contribution >= 0.6 is 23.2 Å². The van der Waals surface area contributed by atoms with Gasteiger partial charge in [0, 0.05) is 41.6 Å². The Balaban J connectivity index is 1.59. The molecular weight excluding hydrogens is 1000 g/mol. The molecule has 6 N–H and O–H groups in total. The van der Waals surface area contributed by atoms with Crippen molar-refractivity contribution in [3.8, 4) is 11.5 Å². The van der Waals surface area contributed by atoms with E-state index in [0.717, 1.165) is 12.5 Å². The molecule has 4 aromatic rings. The first kappa shape index (κ1) is 58.7. The van der Waals surface area contributed by atoms with Gasteiger partial charge in [-0.3, -0.25) is 19.4 Å². The molecule has 18 nitrogen and oxygen atoms in total. The molecule has 73 heavy (non-hydrogen) atoms. The number of carbonyl (C=O) groups is 5. The first-order chi connectivity index (χ1) is 34.4. The average Bonchev–Trinajstić information content (AvgIpc) is 3.31. The van der Waals surface area contributed by atoms with E-state index < -0.39 is 75.7 Å². The number of aliphatic imine (C=N–C) groups is 1. The third-order valence-corrected chi connectivity index (χ3v) is 13.4. The van der Waals surface area contributed by atoms with Crippen LogP contribution in [-0.4, -0.2) is 94.8 Å². The predicted octanol–water partition coefficient (Wildman–Crippen LogP) is 6.89. The zero-order chi connectivity index (χ0) is 54.0. The van der Waals surface area contributed by atoms with Gasteiger partial charge < -0.3 is 45.4 Å². The first-order valence-electron chi connectivity index (χ1n) is 23.1. The third-order valence-electron chi connectivity index (χ3n) is 11.0. The van der Waals surface area contributed by atoms with Gasteiger partial charge in [-0.25, -0.2) is 22.7 Å². The van der Waals surface area contributed by atoms with Crippen LogP contribution in [0.2, 0.25) is 10.0 Å². The van der Waals surface area contributed by atoms with Crippen LogP contribution in [0.25, 0.3) is 0 Å². The minimum atomic E-state index is -4.19. The van der Waals surface area contributed by atoms with E-state index in [-0.39, 0.29) is 43.7 Å². The topological polar surface area (TPSA) is 252 Å². The van der Waals surface area contributed by atoms with E-state index in [9.17, 15) is 32.4 Å². The molecule has 0 radical (unpaired) electrons. The van der Waals surface area contributed by atoms with Gasteiger partial charge in [0.25, 0.3) is 15.9 Å². The SMILES string of the molecule is COC(=O)/C=C/[C@H](Cc1ccc(OCc2c(Cl)cccc2Cl)cc1)NC(=O)[C@@H](Cc1ccccc1)NC(=O)[C@@H](OC(C)=O)[C@H](CCCN=C(N)NS(=O)(=O)c1c(C)cc(OC)c(C)c1C)NC(=O)OC(C)(C)C. The maximum absolute atomic E-state index is 14.5. The minimum absolute atomic E-state index is 0.0159. The van der Waals surface area contributed by atoms with Crippen LogP contribution in [0.15, 0.2) is 101 Å². The molecule has 4 aromatic carbocycles. The van der Waals surface area contributed by atoms with Crippen molar-refractivity contribution >= 4 is 69.0 Å². The van der Waals surface area contributed by atoms with E-state index in [2.05, 4.69) is 25.7 Å². The van der Waals surface area contributed by atoms with E-state index in [4.69, 9.17) is 52.6 Å². The highest BCUT2D eigenvalue weighted by molar-refractivity contribution is 7.90. The van der Waals surface area contributed by atoms with E-state index >= 15 is 0 Å².